The molecule has 1 amide bonds. The smallest absolute Gasteiger partial charge is 0.412 e. The van der Waals surface area contributed by atoms with E-state index in [0.717, 1.165) is 16.7 Å². The second-order valence-electron chi connectivity index (χ2n) is 8.46. The molecule has 0 aliphatic rings. The van der Waals surface area contributed by atoms with Crippen molar-refractivity contribution in [1.29, 1.82) is 5.26 Å². The standard InChI is InChI=1S/C25H22N6O2/c1-25(2,3)33-24(32)29-22-9-6-17(7-10-22)5-8-18-11-19(21-14-27-30(4)15-21)16-31-23(18)20(12-26)13-28-31/h6-7,9-11,13-16H,1-4H3,(H,29,32). The molecule has 0 bridgehead atoms. The van der Waals surface area contributed by atoms with E-state index in [9.17, 15) is 10.1 Å². The molecular formula is C25H22N6O2. The summed E-state index contributed by atoms with van der Waals surface area (Å²) in [6.07, 6.45) is 6.55. The molecule has 4 aromatic rings. The van der Waals surface area contributed by atoms with Crippen LogP contribution in [0.4, 0.5) is 10.5 Å². The monoisotopic (exact) mass is 438 g/mol. The number of pyridine rings is 1. The number of carbonyl (C=O) groups excluding carboxylic acids is 1. The highest BCUT2D eigenvalue weighted by Crippen LogP contribution is 2.24. The zero-order chi connectivity index (χ0) is 23.6. The second kappa shape index (κ2) is 8.52. The van der Waals surface area contributed by atoms with Crippen molar-refractivity contribution in [3.8, 4) is 29.0 Å². The average Bonchev–Trinajstić information content (AvgIpc) is 3.37. The number of ether oxygens (including phenoxy) is 1. The SMILES string of the molecule is Cn1cc(-c2cc(C#Cc3ccc(NC(=O)OC(C)(C)C)cc3)c3c(C#N)cnn3c2)cn1. The van der Waals surface area contributed by atoms with E-state index < -0.39 is 11.7 Å². The van der Waals surface area contributed by atoms with E-state index in [2.05, 4.69) is 33.4 Å². The zero-order valence-corrected chi connectivity index (χ0v) is 18.7. The molecule has 4 rings (SSSR count). The summed E-state index contributed by atoms with van der Waals surface area (Å²) in [5, 5.41) is 20.7. The van der Waals surface area contributed by atoms with Gasteiger partial charge in [0.2, 0.25) is 0 Å². The third-order valence-electron chi connectivity index (χ3n) is 4.64. The summed E-state index contributed by atoms with van der Waals surface area (Å²) in [6, 6.07) is 11.2. The van der Waals surface area contributed by atoms with Crippen molar-refractivity contribution in [2.24, 2.45) is 7.05 Å². The van der Waals surface area contributed by atoms with Crippen molar-refractivity contribution < 1.29 is 9.53 Å². The Morgan fingerprint density at radius 1 is 1.03 bits per heavy atom. The van der Waals surface area contributed by atoms with Gasteiger partial charge < -0.3 is 4.74 Å². The lowest BCUT2D eigenvalue weighted by molar-refractivity contribution is 0.0636. The third kappa shape index (κ3) is 5.03. The normalized spacial score (nSPS) is 10.9. The molecule has 0 fully saturated rings. The minimum absolute atomic E-state index is 0.453. The molecule has 0 atom stereocenters. The van der Waals surface area contributed by atoms with Gasteiger partial charge in [-0.05, 0) is 51.1 Å². The first-order valence-corrected chi connectivity index (χ1v) is 10.2. The van der Waals surface area contributed by atoms with E-state index >= 15 is 0 Å². The van der Waals surface area contributed by atoms with E-state index in [4.69, 9.17) is 4.74 Å². The largest absolute Gasteiger partial charge is 0.444 e. The molecule has 8 nitrogen and oxygen atoms in total. The molecule has 1 N–H and O–H groups in total. The number of carbonyl (C=O) groups is 1. The third-order valence-corrected chi connectivity index (χ3v) is 4.64. The maximum Gasteiger partial charge on any atom is 0.412 e. The van der Waals surface area contributed by atoms with Gasteiger partial charge in [-0.25, -0.2) is 9.31 Å². The van der Waals surface area contributed by atoms with E-state index in [1.165, 1.54) is 6.20 Å². The maximum absolute atomic E-state index is 11.9. The van der Waals surface area contributed by atoms with E-state index in [1.807, 2.05) is 58.4 Å². The summed E-state index contributed by atoms with van der Waals surface area (Å²) < 4.78 is 8.65. The Bertz CT molecular complexity index is 1440. The number of nitrogens with zero attached hydrogens (tertiary/aromatic N) is 5. The van der Waals surface area contributed by atoms with Crippen molar-refractivity contribution in [3.63, 3.8) is 0 Å². The Labute approximate surface area is 191 Å². The van der Waals surface area contributed by atoms with E-state index in [-0.39, 0.29) is 0 Å². The van der Waals surface area contributed by atoms with Gasteiger partial charge in [-0.2, -0.15) is 15.5 Å². The van der Waals surface area contributed by atoms with Crippen molar-refractivity contribution >= 4 is 17.3 Å². The lowest BCUT2D eigenvalue weighted by Crippen LogP contribution is -2.27. The molecule has 0 saturated carbocycles. The molecule has 3 heterocycles. The summed E-state index contributed by atoms with van der Waals surface area (Å²) in [5.41, 5.74) is 4.40. The molecule has 0 aliphatic heterocycles. The topological polar surface area (TPSA) is 97.2 Å². The van der Waals surface area contributed by atoms with Crippen LogP contribution in [0.25, 0.3) is 16.6 Å². The number of fused-ring (bicyclic) bond motifs is 1. The molecule has 0 aliphatic carbocycles. The lowest BCUT2D eigenvalue weighted by Gasteiger charge is -2.19. The molecule has 3 aromatic heterocycles. The van der Waals surface area contributed by atoms with Crippen LogP contribution in [0.1, 0.15) is 37.5 Å². The first kappa shape index (κ1) is 21.7. The Morgan fingerprint density at radius 2 is 1.79 bits per heavy atom. The molecular weight excluding hydrogens is 416 g/mol. The molecule has 164 valence electrons. The summed E-state index contributed by atoms with van der Waals surface area (Å²) >= 11 is 0. The van der Waals surface area contributed by atoms with Crippen LogP contribution in [0.3, 0.4) is 0 Å². The highest BCUT2D eigenvalue weighted by atomic mass is 16.6. The van der Waals surface area contributed by atoms with Crippen molar-refractivity contribution in [2.45, 2.75) is 26.4 Å². The number of hydrogen-bond acceptors (Lipinski definition) is 5. The fraction of sp³-hybridized carbons (Fsp3) is 0.200. The van der Waals surface area contributed by atoms with Gasteiger partial charge >= 0.3 is 6.09 Å². The summed E-state index contributed by atoms with van der Waals surface area (Å²) in [7, 11) is 1.85. The van der Waals surface area contributed by atoms with Crippen molar-refractivity contribution in [1.82, 2.24) is 19.4 Å². The van der Waals surface area contributed by atoms with Gasteiger partial charge in [-0.1, -0.05) is 11.8 Å². The van der Waals surface area contributed by atoms with Crippen LogP contribution in [-0.4, -0.2) is 31.1 Å². The fourth-order valence-electron chi connectivity index (χ4n) is 3.22. The number of benzene rings is 1. The Kier molecular flexibility index (Phi) is 5.60. The Morgan fingerprint density at radius 3 is 2.42 bits per heavy atom. The summed E-state index contributed by atoms with van der Waals surface area (Å²) in [5.74, 6) is 6.30. The van der Waals surface area contributed by atoms with Gasteiger partial charge in [0.1, 0.15) is 11.7 Å². The first-order chi connectivity index (χ1) is 15.7. The van der Waals surface area contributed by atoms with E-state index in [0.29, 0.717) is 22.3 Å². The molecule has 0 saturated heterocycles. The number of anilines is 1. The predicted octanol–water partition coefficient (Wildman–Crippen LogP) is 4.35. The van der Waals surface area contributed by atoms with Gasteiger partial charge in [0.05, 0.1) is 29.0 Å². The number of aryl methyl sites for hydroxylation is 1. The van der Waals surface area contributed by atoms with Gasteiger partial charge in [-0.15, -0.1) is 0 Å². The highest BCUT2D eigenvalue weighted by molar-refractivity contribution is 5.85. The second-order valence-corrected chi connectivity index (χ2v) is 8.46. The number of rotatable bonds is 2. The fourth-order valence-corrected chi connectivity index (χ4v) is 3.22. The minimum Gasteiger partial charge on any atom is -0.444 e. The average molecular weight is 438 g/mol. The first-order valence-electron chi connectivity index (χ1n) is 10.2. The lowest BCUT2D eigenvalue weighted by atomic mass is 10.1. The molecule has 8 heteroatoms. The summed E-state index contributed by atoms with van der Waals surface area (Å²) in [4.78, 5) is 11.9. The molecule has 1 aromatic carbocycles. The molecule has 0 spiro atoms. The summed E-state index contributed by atoms with van der Waals surface area (Å²) in [6.45, 7) is 5.43. The number of nitrogens with one attached hydrogen (secondary N) is 1. The number of amides is 1. The van der Waals surface area contributed by atoms with Crippen LogP contribution in [0.2, 0.25) is 0 Å². The highest BCUT2D eigenvalue weighted by Gasteiger charge is 2.16. The van der Waals surface area contributed by atoms with Crippen LogP contribution >= 0.6 is 0 Å². The van der Waals surface area contributed by atoms with Crippen LogP contribution in [0, 0.1) is 23.2 Å². The van der Waals surface area contributed by atoms with Crippen LogP contribution in [-0.2, 0) is 11.8 Å². The maximum atomic E-state index is 11.9. The van der Waals surface area contributed by atoms with Gasteiger partial charge in [0.15, 0.2) is 0 Å². The predicted molar refractivity (Wildman–Crippen MR) is 124 cm³/mol. The minimum atomic E-state index is -0.568. The van der Waals surface area contributed by atoms with E-state index in [1.54, 1.807) is 27.5 Å². The Balaban J connectivity index is 1.64. The van der Waals surface area contributed by atoms with Crippen molar-refractivity contribution in [3.05, 3.63) is 71.8 Å². The number of hydrogen-bond donors (Lipinski definition) is 1. The zero-order valence-electron chi connectivity index (χ0n) is 18.7. The number of aromatic nitrogens is 4. The molecule has 33 heavy (non-hydrogen) atoms. The quantitative estimate of drug-likeness (QED) is 0.469. The van der Waals surface area contributed by atoms with Crippen LogP contribution < -0.4 is 5.32 Å². The van der Waals surface area contributed by atoms with Gasteiger partial charge in [0.25, 0.3) is 0 Å². The molecule has 0 radical (unpaired) electrons. The van der Waals surface area contributed by atoms with Crippen molar-refractivity contribution in [2.75, 3.05) is 5.32 Å². The Hall–Kier alpha value is -4.56. The number of nitriles is 1. The van der Waals surface area contributed by atoms with Gasteiger partial charge in [0, 0.05) is 41.8 Å². The van der Waals surface area contributed by atoms with Crippen LogP contribution in [0.15, 0.2) is 55.1 Å². The molecule has 0 unspecified atom stereocenters. The van der Waals surface area contributed by atoms with Gasteiger partial charge in [-0.3, -0.25) is 10.00 Å². The van der Waals surface area contributed by atoms with Crippen LogP contribution in [0.5, 0.6) is 0 Å².